The van der Waals surface area contributed by atoms with Gasteiger partial charge in [0.05, 0.1) is 11.2 Å². The van der Waals surface area contributed by atoms with E-state index in [9.17, 15) is 0 Å². The summed E-state index contributed by atoms with van der Waals surface area (Å²) in [6.45, 7) is 4.07. The molecular weight excluding hydrogens is 254 g/mol. The van der Waals surface area contributed by atoms with Crippen LogP contribution in [0.2, 0.25) is 0 Å². The number of tetrazole rings is 1. The van der Waals surface area contributed by atoms with Gasteiger partial charge in [0.2, 0.25) is 0 Å². The van der Waals surface area contributed by atoms with Crippen LogP contribution < -0.4 is 11.3 Å². The Morgan fingerprint density at radius 1 is 1.35 bits per heavy atom. The Bertz CT molecular complexity index is 749. The SMILES string of the molecule is CCc1cc2ccc(-n3cnnn3)c(C)c2nc1NN. The van der Waals surface area contributed by atoms with Crippen molar-refractivity contribution in [2.75, 3.05) is 5.43 Å². The van der Waals surface area contributed by atoms with Crippen molar-refractivity contribution in [1.82, 2.24) is 25.2 Å². The molecule has 0 amide bonds. The number of nitrogens with two attached hydrogens (primary N) is 1. The predicted molar refractivity (Wildman–Crippen MR) is 76.4 cm³/mol. The first kappa shape index (κ1) is 12.5. The molecule has 3 rings (SSSR count). The number of fused-ring (bicyclic) bond motifs is 1. The van der Waals surface area contributed by atoms with Crippen LogP contribution in [0.4, 0.5) is 5.82 Å². The number of nitrogens with one attached hydrogen (secondary N) is 1. The minimum Gasteiger partial charge on any atom is -0.308 e. The highest BCUT2D eigenvalue weighted by molar-refractivity contribution is 5.87. The lowest BCUT2D eigenvalue weighted by Crippen LogP contribution is -2.11. The van der Waals surface area contributed by atoms with E-state index >= 15 is 0 Å². The Labute approximate surface area is 115 Å². The number of aryl methyl sites for hydroxylation is 2. The molecule has 0 unspecified atom stereocenters. The number of rotatable bonds is 3. The normalized spacial score (nSPS) is 10.9. The smallest absolute Gasteiger partial charge is 0.143 e. The Hall–Kier alpha value is -2.54. The zero-order valence-corrected chi connectivity index (χ0v) is 11.3. The summed E-state index contributed by atoms with van der Waals surface area (Å²) in [5.74, 6) is 6.26. The molecule has 0 bridgehead atoms. The zero-order valence-electron chi connectivity index (χ0n) is 11.3. The van der Waals surface area contributed by atoms with Crippen molar-refractivity contribution in [1.29, 1.82) is 0 Å². The van der Waals surface area contributed by atoms with Crippen LogP contribution in [0, 0.1) is 6.92 Å². The Morgan fingerprint density at radius 3 is 2.85 bits per heavy atom. The molecule has 0 aliphatic carbocycles. The summed E-state index contributed by atoms with van der Waals surface area (Å²) in [4.78, 5) is 4.62. The van der Waals surface area contributed by atoms with Gasteiger partial charge in [0.25, 0.3) is 0 Å². The molecule has 1 aromatic carbocycles. The molecule has 0 aliphatic rings. The third-order valence-electron chi connectivity index (χ3n) is 3.40. The lowest BCUT2D eigenvalue weighted by molar-refractivity contribution is 0.786. The summed E-state index contributed by atoms with van der Waals surface area (Å²) in [7, 11) is 0. The number of benzene rings is 1. The highest BCUT2D eigenvalue weighted by atomic mass is 15.5. The summed E-state index contributed by atoms with van der Waals surface area (Å²) in [6.07, 6.45) is 2.44. The van der Waals surface area contributed by atoms with Gasteiger partial charge in [0.15, 0.2) is 0 Å². The number of nitrogen functional groups attached to an aromatic ring is 1. The third-order valence-corrected chi connectivity index (χ3v) is 3.40. The average molecular weight is 269 g/mol. The molecule has 0 atom stereocenters. The van der Waals surface area contributed by atoms with Crippen molar-refractivity contribution < 1.29 is 0 Å². The fourth-order valence-corrected chi connectivity index (χ4v) is 2.33. The van der Waals surface area contributed by atoms with Crippen molar-refractivity contribution in [2.24, 2.45) is 5.84 Å². The molecular formula is C13H15N7. The van der Waals surface area contributed by atoms with E-state index in [0.717, 1.165) is 34.1 Å². The summed E-state index contributed by atoms with van der Waals surface area (Å²) in [5, 5.41) is 12.3. The summed E-state index contributed by atoms with van der Waals surface area (Å²) < 4.78 is 1.62. The second-order valence-corrected chi connectivity index (χ2v) is 4.53. The first-order chi connectivity index (χ1) is 9.74. The Balaban J connectivity index is 2.27. The van der Waals surface area contributed by atoms with Gasteiger partial charge in [-0.3, -0.25) is 0 Å². The standard InChI is InChI=1S/C13H15N7/c1-3-9-6-10-4-5-11(20-7-15-18-19-20)8(2)12(10)16-13(9)17-14/h4-7H,3,14H2,1-2H3,(H,16,17). The number of hydrazine groups is 1. The lowest BCUT2D eigenvalue weighted by Gasteiger charge is -2.12. The molecule has 0 fully saturated rings. The van der Waals surface area contributed by atoms with E-state index < -0.39 is 0 Å². The van der Waals surface area contributed by atoms with E-state index in [1.54, 1.807) is 11.0 Å². The summed E-state index contributed by atoms with van der Waals surface area (Å²) in [6, 6.07) is 6.12. The van der Waals surface area contributed by atoms with Crippen LogP contribution in [0.5, 0.6) is 0 Å². The molecule has 102 valence electrons. The fourth-order valence-electron chi connectivity index (χ4n) is 2.33. The number of anilines is 1. The molecule has 0 aliphatic heterocycles. The molecule has 0 radical (unpaired) electrons. The zero-order chi connectivity index (χ0) is 14.1. The second kappa shape index (κ2) is 4.86. The Morgan fingerprint density at radius 2 is 2.20 bits per heavy atom. The summed E-state index contributed by atoms with van der Waals surface area (Å²) in [5.41, 5.74) is 6.56. The predicted octanol–water partition coefficient (Wildman–Crippen LogP) is 1.37. The number of hydrogen-bond acceptors (Lipinski definition) is 6. The maximum Gasteiger partial charge on any atom is 0.143 e. The molecule has 3 N–H and O–H groups in total. The van der Waals surface area contributed by atoms with E-state index in [2.05, 4.69) is 38.9 Å². The van der Waals surface area contributed by atoms with Crippen molar-refractivity contribution in [3.63, 3.8) is 0 Å². The molecule has 7 nitrogen and oxygen atoms in total. The van der Waals surface area contributed by atoms with E-state index in [1.165, 1.54) is 0 Å². The van der Waals surface area contributed by atoms with Gasteiger partial charge in [-0.25, -0.2) is 15.5 Å². The third kappa shape index (κ3) is 1.88. The summed E-state index contributed by atoms with van der Waals surface area (Å²) >= 11 is 0. The van der Waals surface area contributed by atoms with Crippen LogP contribution in [0.3, 0.4) is 0 Å². The Kier molecular flexibility index (Phi) is 3.03. The van der Waals surface area contributed by atoms with E-state index in [0.29, 0.717) is 5.82 Å². The van der Waals surface area contributed by atoms with E-state index in [-0.39, 0.29) is 0 Å². The topological polar surface area (TPSA) is 94.5 Å². The molecule has 20 heavy (non-hydrogen) atoms. The minimum absolute atomic E-state index is 0.706. The van der Waals surface area contributed by atoms with Crippen LogP contribution in [0.1, 0.15) is 18.1 Å². The minimum atomic E-state index is 0.706. The number of hydrogen-bond donors (Lipinski definition) is 2. The van der Waals surface area contributed by atoms with Gasteiger partial charge in [0.1, 0.15) is 12.1 Å². The van der Waals surface area contributed by atoms with Crippen LogP contribution in [-0.4, -0.2) is 25.2 Å². The fraction of sp³-hybridized carbons (Fsp3) is 0.231. The van der Waals surface area contributed by atoms with Gasteiger partial charge in [-0.05, 0) is 41.5 Å². The van der Waals surface area contributed by atoms with Crippen LogP contribution in [0.15, 0.2) is 24.5 Å². The lowest BCUT2D eigenvalue weighted by atomic mass is 10.1. The second-order valence-electron chi connectivity index (χ2n) is 4.53. The van der Waals surface area contributed by atoms with Crippen LogP contribution in [0.25, 0.3) is 16.6 Å². The maximum absolute atomic E-state index is 5.55. The van der Waals surface area contributed by atoms with E-state index in [1.807, 2.05) is 19.1 Å². The van der Waals surface area contributed by atoms with Crippen LogP contribution in [-0.2, 0) is 6.42 Å². The first-order valence-electron chi connectivity index (χ1n) is 6.37. The maximum atomic E-state index is 5.55. The van der Waals surface area contributed by atoms with Gasteiger partial charge in [-0.1, -0.05) is 13.0 Å². The molecule has 0 saturated heterocycles. The highest BCUT2D eigenvalue weighted by Crippen LogP contribution is 2.26. The van der Waals surface area contributed by atoms with Crippen molar-refractivity contribution >= 4 is 16.7 Å². The molecule has 2 heterocycles. The number of pyridine rings is 1. The van der Waals surface area contributed by atoms with Crippen LogP contribution >= 0.6 is 0 Å². The largest absolute Gasteiger partial charge is 0.308 e. The van der Waals surface area contributed by atoms with Crippen molar-refractivity contribution in [2.45, 2.75) is 20.3 Å². The van der Waals surface area contributed by atoms with Crippen molar-refractivity contribution in [3.8, 4) is 5.69 Å². The number of aromatic nitrogens is 5. The van der Waals surface area contributed by atoms with Gasteiger partial charge < -0.3 is 5.43 Å². The van der Waals surface area contributed by atoms with Crippen molar-refractivity contribution in [3.05, 3.63) is 35.7 Å². The first-order valence-corrected chi connectivity index (χ1v) is 6.37. The van der Waals surface area contributed by atoms with E-state index in [4.69, 9.17) is 5.84 Å². The molecule has 0 spiro atoms. The van der Waals surface area contributed by atoms with Gasteiger partial charge in [-0.2, -0.15) is 0 Å². The number of nitrogens with zero attached hydrogens (tertiary/aromatic N) is 5. The quantitative estimate of drug-likeness (QED) is 0.551. The van der Waals surface area contributed by atoms with Gasteiger partial charge >= 0.3 is 0 Å². The highest BCUT2D eigenvalue weighted by Gasteiger charge is 2.11. The average Bonchev–Trinajstić information content (AvgIpc) is 3.00. The van der Waals surface area contributed by atoms with Gasteiger partial charge in [-0.15, -0.1) is 5.10 Å². The molecule has 7 heteroatoms. The van der Waals surface area contributed by atoms with Gasteiger partial charge in [0, 0.05) is 10.9 Å². The molecule has 0 saturated carbocycles. The monoisotopic (exact) mass is 269 g/mol. The molecule has 2 aromatic heterocycles. The molecule has 3 aromatic rings.